The third-order valence-corrected chi connectivity index (χ3v) is 7.07. The molecule has 0 saturated heterocycles. The number of hydrogen-bond donors (Lipinski definition) is 1. The van der Waals surface area contributed by atoms with Crippen LogP contribution in [0.15, 0.2) is 72.8 Å². The highest BCUT2D eigenvalue weighted by molar-refractivity contribution is 5.95. The SMILES string of the molecule is CC(C)c1ccc(CC2(C)Cc3cc(C(=O)N(CCCc4ccccc4)CCC(=O)O)ccc3O2)cc1. The zero-order valence-corrected chi connectivity index (χ0v) is 22.1. The molecule has 1 heterocycles. The van der Waals surface area contributed by atoms with E-state index in [-0.39, 0.29) is 24.5 Å². The summed E-state index contributed by atoms with van der Waals surface area (Å²) in [5.74, 6) is 0.287. The average molecular weight is 500 g/mol. The molecule has 0 saturated carbocycles. The van der Waals surface area contributed by atoms with Gasteiger partial charge < -0.3 is 14.7 Å². The number of carbonyl (C=O) groups is 2. The molecule has 0 aliphatic carbocycles. The van der Waals surface area contributed by atoms with E-state index in [1.807, 2.05) is 30.3 Å². The number of hydrogen-bond acceptors (Lipinski definition) is 3. The maximum atomic E-state index is 13.4. The van der Waals surface area contributed by atoms with E-state index in [0.29, 0.717) is 18.0 Å². The van der Waals surface area contributed by atoms with Crippen LogP contribution in [-0.4, -0.2) is 40.6 Å². The highest BCUT2D eigenvalue weighted by atomic mass is 16.5. The Hall–Kier alpha value is -3.60. The Morgan fingerprint density at radius 2 is 1.70 bits per heavy atom. The van der Waals surface area contributed by atoms with Gasteiger partial charge >= 0.3 is 5.97 Å². The molecule has 37 heavy (non-hydrogen) atoms. The number of benzene rings is 3. The van der Waals surface area contributed by atoms with Crippen LogP contribution in [0.3, 0.4) is 0 Å². The molecular formula is C32H37NO4. The van der Waals surface area contributed by atoms with Crippen molar-refractivity contribution >= 4 is 11.9 Å². The molecule has 3 aromatic carbocycles. The second-order valence-corrected chi connectivity index (χ2v) is 10.6. The van der Waals surface area contributed by atoms with Gasteiger partial charge in [0.2, 0.25) is 0 Å². The van der Waals surface area contributed by atoms with Gasteiger partial charge in [0.25, 0.3) is 5.91 Å². The van der Waals surface area contributed by atoms with Crippen molar-refractivity contribution in [3.8, 4) is 5.75 Å². The molecular weight excluding hydrogens is 462 g/mol. The molecule has 5 nitrogen and oxygen atoms in total. The molecule has 4 rings (SSSR count). The van der Waals surface area contributed by atoms with Crippen molar-refractivity contribution in [1.82, 2.24) is 4.90 Å². The van der Waals surface area contributed by atoms with Crippen LogP contribution in [0.5, 0.6) is 5.75 Å². The first kappa shape index (κ1) is 26.5. The third kappa shape index (κ3) is 7.00. The summed E-state index contributed by atoms with van der Waals surface area (Å²) in [6.45, 7) is 7.21. The lowest BCUT2D eigenvalue weighted by Gasteiger charge is -2.24. The minimum absolute atomic E-state index is 0.0706. The zero-order chi connectivity index (χ0) is 26.4. The monoisotopic (exact) mass is 499 g/mol. The summed E-state index contributed by atoms with van der Waals surface area (Å²) in [6.07, 6.45) is 3.05. The summed E-state index contributed by atoms with van der Waals surface area (Å²) in [5, 5.41) is 9.21. The molecule has 1 amide bonds. The van der Waals surface area contributed by atoms with Gasteiger partial charge in [0.15, 0.2) is 0 Å². The minimum Gasteiger partial charge on any atom is -0.487 e. The summed E-state index contributed by atoms with van der Waals surface area (Å²) >= 11 is 0. The fourth-order valence-corrected chi connectivity index (χ4v) is 5.05. The first-order valence-electron chi connectivity index (χ1n) is 13.2. The van der Waals surface area contributed by atoms with Gasteiger partial charge in [0, 0.05) is 31.5 Å². The second kappa shape index (κ2) is 11.6. The van der Waals surface area contributed by atoms with E-state index >= 15 is 0 Å². The first-order chi connectivity index (χ1) is 17.7. The summed E-state index contributed by atoms with van der Waals surface area (Å²) < 4.78 is 6.36. The van der Waals surface area contributed by atoms with Crippen molar-refractivity contribution in [2.45, 2.75) is 64.4 Å². The van der Waals surface area contributed by atoms with Crippen molar-refractivity contribution in [2.75, 3.05) is 13.1 Å². The third-order valence-electron chi connectivity index (χ3n) is 7.07. The van der Waals surface area contributed by atoms with Gasteiger partial charge in [-0.15, -0.1) is 0 Å². The Labute approximate surface area is 220 Å². The normalized spacial score (nSPS) is 16.3. The highest BCUT2D eigenvalue weighted by Crippen LogP contribution is 2.38. The van der Waals surface area contributed by atoms with E-state index in [4.69, 9.17) is 4.74 Å². The van der Waals surface area contributed by atoms with E-state index < -0.39 is 5.97 Å². The molecule has 0 bridgehead atoms. The standard InChI is InChI=1S/C32H37NO4/c1-23(2)26-13-11-25(12-14-26)21-32(3)22-28-20-27(15-16-29(28)37-32)31(36)33(19-17-30(34)35)18-7-10-24-8-5-4-6-9-24/h4-6,8-9,11-16,20,23H,7,10,17-19,21-22H2,1-3H3,(H,34,35). The molecule has 1 aliphatic rings. The number of fused-ring (bicyclic) bond motifs is 1. The fraction of sp³-hybridized carbons (Fsp3) is 0.375. The maximum absolute atomic E-state index is 13.4. The Kier molecular flexibility index (Phi) is 8.32. The highest BCUT2D eigenvalue weighted by Gasteiger charge is 2.35. The van der Waals surface area contributed by atoms with E-state index in [1.54, 1.807) is 11.0 Å². The van der Waals surface area contributed by atoms with Gasteiger partial charge in [-0.2, -0.15) is 0 Å². The number of carboxylic acids is 1. The molecule has 194 valence electrons. The summed E-state index contributed by atoms with van der Waals surface area (Å²) in [6, 6.07) is 24.5. The van der Waals surface area contributed by atoms with E-state index in [2.05, 4.69) is 57.2 Å². The average Bonchev–Trinajstić information content (AvgIpc) is 3.21. The molecule has 0 aromatic heterocycles. The van der Waals surface area contributed by atoms with Gasteiger partial charge in [0.1, 0.15) is 11.4 Å². The number of aliphatic carboxylic acids is 1. The predicted octanol–water partition coefficient (Wildman–Crippen LogP) is 6.30. The predicted molar refractivity (Wildman–Crippen MR) is 146 cm³/mol. The molecule has 5 heteroatoms. The topological polar surface area (TPSA) is 66.8 Å². The first-order valence-corrected chi connectivity index (χ1v) is 13.2. The molecule has 0 fully saturated rings. The van der Waals surface area contributed by atoms with Gasteiger partial charge in [-0.3, -0.25) is 9.59 Å². The molecule has 0 spiro atoms. The lowest BCUT2D eigenvalue weighted by atomic mass is 9.90. The minimum atomic E-state index is -0.902. The van der Waals surface area contributed by atoms with Gasteiger partial charge in [-0.1, -0.05) is 68.4 Å². The summed E-state index contributed by atoms with van der Waals surface area (Å²) in [4.78, 5) is 26.3. The summed E-state index contributed by atoms with van der Waals surface area (Å²) in [7, 11) is 0. The molecule has 3 aromatic rings. The summed E-state index contributed by atoms with van der Waals surface area (Å²) in [5.41, 5.74) is 4.99. The molecule has 1 N–H and O–H groups in total. The van der Waals surface area contributed by atoms with Gasteiger partial charge in [0.05, 0.1) is 6.42 Å². The molecule has 1 aliphatic heterocycles. The Balaban J connectivity index is 1.43. The van der Waals surface area contributed by atoms with Crippen molar-refractivity contribution in [2.24, 2.45) is 0 Å². The Bertz CT molecular complexity index is 1220. The van der Waals surface area contributed by atoms with Crippen LogP contribution < -0.4 is 4.74 Å². The maximum Gasteiger partial charge on any atom is 0.305 e. The van der Waals surface area contributed by atoms with Gasteiger partial charge in [-0.25, -0.2) is 0 Å². The van der Waals surface area contributed by atoms with Crippen molar-refractivity contribution in [3.63, 3.8) is 0 Å². The van der Waals surface area contributed by atoms with Crippen molar-refractivity contribution < 1.29 is 19.4 Å². The number of ether oxygens (including phenoxy) is 1. The Morgan fingerprint density at radius 3 is 2.38 bits per heavy atom. The van der Waals surface area contributed by atoms with Crippen LogP contribution in [0, 0.1) is 0 Å². The van der Waals surface area contributed by atoms with Crippen LogP contribution in [0.25, 0.3) is 0 Å². The smallest absolute Gasteiger partial charge is 0.305 e. The lowest BCUT2D eigenvalue weighted by Crippen LogP contribution is -2.34. The number of amides is 1. The van der Waals surface area contributed by atoms with Crippen LogP contribution in [0.1, 0.15) is 72.1 Å². The number of carboxylic acid groups (broad SMARTS) is 1. The fourth-order valence-electron chi connectivity index (χ4n) is 5.05. The van der Waals surface area contributed by atoms with Crippen molar-refractivity contribution in [3.05, 3.63) is 101 Å². The van der Waals surface area contributed by atoms with Crippen molar-refractivity contribution in [1.29, 1.82) is 0 Å². The Morgan fingerprint density at radius 1 is 0.973 bits per heavy atom. The largest absolute Gasteiger partial charge is 0.487 e. The molecule has 0 radical (unpaired) electrons. The second-order valence-electron chi connectivity index (χ2n) is 10.6. The zero-order valence-electron chi connectivity index (χ0n) is 22.1. The van der Waals surface area contributed by atoms with Crippen LogP contribution in [0.4, 0.5) is 0 Å². The number of nitrogens with zero attached hydrogens (tertiary/aromatic N) is 1. The number of aryl methyl sites for hydroxylation is 1. The number of carbonyl (C=O) groups excluding carboxylic acids is 1. The van der Waals surface area contributed by atoms with Crippen LogP contribution >= 0.6 is 0 Å². The lowest BCUT2D eigenvalue weighted by molar-refractivity contribution is -0.137. The van der Waals surface area contributed by atoms with Gasteiger partial charge in [-0.05, 0) is 66.1 Å². The quantitative estimate of drug-likeness (QED) is 0.336. The van der Waals surface area contributed by atoms with E-state index in [1.165, 1.54) is 16.7 Å². The van der Waals surface area contributed by atoms with E-state index in [9.17, 15) is 14.7 Å². The van der Waals surface area contributed by atoms with Crippen LogP contribution in [0.2, 0.25) is 0 Å². The molecule has 1 unspecified atom stereocenters. The van der Waals surface area contributed by atoms with Crippen LogP contribution in [-0.2, 0) is 24.1 Å². The molecule has 1 atom stereocenters. The van der Waals surface area contributed by atoms with E-state index in [0.717, 1.165) is 37.0 Å². The number of rotatable bonds is 11.